The van der Waals surface area contributed by atoms with Gasteiger partial charge in [-0.1, -0.05) is 0 Å². The van der Waals surface area contributed by atoms with Crippen molar-refractivity contribution in [2.24, 2.45) is 0 Å². The molecular formula is C4H11NO3S. The summed E-state index contributed by atoms with van der Waals surface area (Å²) in [6, 6.07) is -0.0826. The molecule has 2 atom stereocenters. The Morgan fingerprint density at radius 2 is 2.44 bits per heavy atom. The van der Waals surface area contributed by atoms with Gasteiger partial charge in [-0.15, -0.1) is 0 Å². The predicted molar refractivity (Wildman–Crippen MR) is 35.2 cm³/mol. The van der Waals surface area contributed by atoms with Gasteiger partial charge in [-0.2, -0.15) is 0 Å². The van der Waals surface area contributed by atoms with Crippen molar-refractivity contribution >= 4 is 11.3 Å². The third-order valence-electron chi connectivity index (χ3n) is 0.719. The van der Waals surface area contributed by atoms with E-state index in [0.29, 0.717) is 6.61 Å². The second-order valence-corrected chi connectivity index (χ2v) is 2.46. The average molecular weight is 153 g/mol. The van der Waals surface area contributed by atoms with Gasteiger partial charge in [0.25, 0.3) is 0 Å². The van der Waals surface area contributed by atoms with Gasteiger partial charge in [-0.25, -0.2) is 8.93 Å². The van der Waals surface area contributed by atoms with Crippen molar-refractivity contribution in [2.75, 3.05) is 13.7 Å². The lowest BCUT2D eigenvalue weighted by molar-refractivity contribution is 0.180. The lowest BCUT2D eigenvalue weighted by atomic mass is 10.4. The molecule has 0 aromatic rings. The standard InChI is InChI=1S/C4H11NO3S/c1-4(3-8-2)5-9(6)7/h4-5H,3H2,1-2H3,(H,6,7). The van der Waals surface area contributed by atoms with Crippen LogP contribution in [0.4, 0.5) is 0 Å². The van der Waals surface area contributed by atoms with Gasteiger partial charge in [0.05, 0.1) is 6.61 Å². The maximum atomic E-state index is 10.0. The Labute approximate surface area is 57.0 Å². The summed E-state index contributed by atoms with van der Waals surface area (Å²) in [6.07, 6.45) is 0. The van der Waals surface area contributed by atoms with E-state index in [1.165, 1.54) is 0 Å². The van der Waals surface area contributed by atoms with Gasteiger partial charge in [0.1, 0.15) is 0 Å². The van der Waals surface area contributed by atoms with E-state index in [-0.39, 0.29) is 6.04 Å². The molecule has 9 heavy (non-hydrogen) atoms. The van der Waals surface area contributed by atoms with Crippen LogP contribution < -0.4 is 4.72 Å². The summed E-state index contributed by atoms with van der Waals surface area (Å²) >= 11 is -1.93. The van der Waals surface area contributed by atoms with E-state index in [0.717, 1.165) is 0 Å². The van der Waals surface area contributed by atoms with Crippen molar-refractivity contribution in [3.63, 3.8) is 0 Å². The number of methoxy groups -OCH3 is 1. The topological polar surface area (TPSA) is 58.6 Å². The fourth-order valence-electron chi connectivity index (χ4n) is 0.456. The van der Waals surface area contributed by atoms with Crippen molar-refractivity contribution in [1.82, 2.24) is 4.72 Å². The van der Waals surface area contributed by atoms with Crippen LogP contribution in [0.3, 0.4) is 0 Å². The van der Waals surface area contributed by atoms with E-state index in [1.807, 2.05) is 0 Å². The summed E-state index contributed by atoms with van der Waals surface area (Å²) < 4.78 is 25.3. The monoisotopic (exact) mass is 153 g/mol. The van der Waals surface area contributed by atoms with Gasteiger partial charge in [0.2, 0.25) is 11.3 Å². The summed E-state index contributed by atoms with van der Waals surface area (Å²) in [5.41, 5.74) is 0. The molecule has 0 heterocycles. The van der Waals surface area contributed by atoms with E-state index in [9.17, 15) is 4.21 Å². The second-order valence-electron chi connectivity index (χ2n) is 1.72. The molecule has 0 fully saturated rings. The van der Waals surface area contributed by atoms with Crippen LogP contribution in [0.15, 0.2) is 0 Å². The number of ether oxygens (including phenoxy) is 1. The normalized spacial score (nSPS) is 17.2. The lowest BCUT2D eigenvalue weighted by Gasteiger charge is -2.07. The van der Waals surface area contributed by atoms with Crippen LogP contribution in [0.5, 0.6) is 0 Å². The largest absolute Gasteiger partial charge is 0.383 e. The van der Waals surface area contributed by atoms with Crippen LogP contribution in [-0.4, -0.2) is 28.5 Å². The van der Waals surface area contributed by atoms with Crippen molar-refractivity contribution in [3.8, 4) is 0 Å². The summed E-state index contributed by atoms with van der Waals surface area (Å²) in [7, 11) is 1.54. The SMILES string of the molecule is COCC(C)NS(=O)O. The van der Waals surface area contributed by atoms with Gasteiger partial charge >= 0.3 is 0 Å². The van der Waals surface area contributed by atoms with Crippen LogP contribution in [0.2, 0.25) is 0 Å². The van der Waals surface area contributed by atoms with Crippen LogP contribution >= 0.6 is 0 Å². The highest BCUT2D eigenvalue weighted by Crippen LogP contribution is 1.81. The van der Waals surface area contributed by atoms with Crippen molar-refractivity contribution in [1.29, 1.82) is 0 Å². The Hall–Kier alpha value is 0.0300. The van der Waals surface area contributed by atoms with Gasteiger partial charge in [-0.3, -0.25) is 4.55 Å². The van der Waals surface area contributed by atoms with E-state index < -0.39 is 11.3 Å². The van der Waals surface area contributed by atoms with Crippen LogP contribution in [-0.2, 0) is 16.0 Å². The fourth-order valence-corrected chi connectivity index (χ4v) is 0.868. The molecule has 0 spiro atoms. The zero-order valence-electron chi connectivity index (χ0n) is 5.46. The fraction of sp³-hybridized carbons (Fsp3) is 1.00. The maximum Gasteiger partial charge on any atom is 0.232 e. The van der Waals surface area contributed by atoms with Crippen LogP contribution in [0.25, 0.3) is 0 Å². The van der Waals surface area contributed by atoms with Gasteiger partial charge in [0, 0.05) is 13.2 Å². The molecule has 0 aliphatic carbocycles. The second kappa shape index (κ2) is 4.87. The van der Waals surface area contributed by atoms with E-state index in [1.54, 1.807) is 14.0 Å². The van der Waals surface area contributed by atoms with Crippen molar-refractivity contribution in [3.05, 3.63) is 0 Å². The predicted octanol–water partition coefficient (Wildman–Crippen LogP) is -0.252. The molecule has 0 radical (unpaired) electrons. The summed E-state index contributed by atoms with van der Waals surface area (Å²) in [5, 5.41) is 0. The molecule has 0 saturated carbocycles. The first-order chi connectivity index (χ1) is 4.16. The summed E-state index contributed by atoms with van der Waals surface area (Å²) in [4.78, 5) is 0. The Kier molecular flexibility index (Phi) is 4.88. The lowest BCUT2D eigenvalue weighted by Crippen LogP contribution is -2.31. The molecule has 0 aromatic heterocycles. The molecule has 2 N–H and O–H groups in total. The minimum absolute atomic E-state index is 0.0826. The molecule has 0 aliphatic rings. The Balaban J connectivity index is 3.26. The number of hydrogen-bond acceptors (Lipinski definition) is 2. The molecule has 0 bridgehead atoms. The first kappa shape index (κ1) is 9.03. The van der Waals surface area contributed by atoms with Crippen molar-refractivity contribution < 1.29 is 13.5 Å². The molecule has 0 amide bonds. The van der Waals surface area contributed by atoms with Gasteiger partial charge < -0.3 is 4.74 Å². The van der Waals surface area contributed by atoms with Crippen molar-refractivity contribution in [2.45, 2.75) is 13.0 Å². The molecule has 0 saturated heterocycles. The number of hydrogen-bond donors (Lipinski definition) is 2. The molecule has 2 unspecified atom stereocenters. The molecule has 0 rings (SSSR count). The quantitative estimate of drug-likeness (QED) is 0.547. The van der Waals surface area contributed by atoms with Crippen LogP contribution in [0.1, 0.15) is 6.92 Å². The average Bonchev–Trinajstić information content (AvgIpc) is 1.63. The highest BCUT2D eigenvalue weighted by molar-refractivity contribution is 7.77. The van der Waals surface area contributed by atoms with Gasteiger partial charge in [-0.05, 0) is 6.92 Å². The molecule has 0 aromatic carbocycles. The highest BCUT2D eigenvalue weighted by Gasteiger charge is 2.01. The molecule has 4 nitrogen and oxygen atoms in total. The Morgan fingerprint density at radius 1 is 1.89 bits per heavy atom. The first-order valence-corrected chi connectivity index (χ1v) is 3.63. The zero-order chi connectivity index (χ0) is 7.28. The minimum Gasteiger partial charge on any atom is -0.383 e. The van der Waals surface area contributed by atoms with E-state index >= 15 is 0 Å². The third kappa shape index (κ3) is 5.91. The smallest absolute Gasteiger partial charge is 0.232 e. The maximum absolute atomic E-state index is 10.0. The number of nitrogens with one attached hydrogen (secondary N) is 1. The minimum atomic E-state index is -1.93. The van der Waals surface area contributed by atoms with Crippen LogP contribution in [0, 0.1) is 0 Å². The first-order valence-electron chi connectivity index (χ1n) is 2.52. The van der Waals surface area contributed by atoms with E-state index in [4.69, 9.17) is 9.29 Å². The zero-order valence-corrected chi connectivity index (χ0v) is 6.27. The summed E-state index contributed by atoms with van der Waals surface area (Å²) in [6.45, 7) is 2.20. The third-order valence-corrected chi connectivity index (χ3v) is 1.32. The van der Waals surface area contributed by atoms with E-state index in [2.05, 4.69) is 4.72 Å². The number of rotatable bonds is 4. The highest BCUT2D eigenvalue weighted by atomic mass is 32.2. The molecular weight excluding hydrogens is 142 g/mol. The summed E-state index contributed by atoms with van der Waals surface area (Å²) in [5.74, 6) is 0. The Bertz CT molecular complexity index is 97.8. The molecule has 0 aliphatic heterocycles. The van der Waals surface area contributed by atoms with Gasteiger partial charge in [0.15, 0.2) is 0 Å². The molecule has 56 valence electrons. The Morgan fingerprint density at radius 3 is 2.78 bits per heavy atom. The molecule has 5 heteroatoms.